The van der Waals surface area contributed by atoms with E-state index in [-0.39, 0.29) is 0 Å². The highest BCUT2D eigenvalue weighted by Crippen LogP contribution is 2.50. The normalized spacial score (nSPS) is 57.6. The summed E-state index contributed by atoms with van der Waals surface area (Å²) in [6.07, 6.45) is 8.70. The van der Waals surface area contributed by atoms with Crippen molar-refractivity contribution < 1.29 is 4.74 Å². The van der Waals surface area contributed by atoms with Crippen LogP contribution >= 0.6 is 0 Å². The fraction of sp³-hybridized carbons (Fsp3) is 1.00. The van der Waals surface area contributed by atoms with Crippen molar-refractivity contribution in [2.24, 2.45) is 11.8 Å². The van der Waals surface area contributed by atoms with Gasteiger partial charge in [-0.05, 0) is 31.1 Å². The average Bonchev–Trinajstić information content (AvgIpc) is 2.60. The Balaban J connectivity index is 1.83. The third kappa shape index (κ3) is 0.619. The van der Waals surface area contributed by atoms with E-state index in [2.05, 4.69) is 0 Å². The summed E-state index contributed by atoms with van der Waals surface area (Å²) in [5, 5.41) is 0. The highest BCUT2D eigenvalue weighted by molar-refractivity contribution is 5.00. The smallest absolute Gasteiger partial charge is 0.0872 e. The van der Waals surface area contributed by atoms with Gasteiger partial charge >= 0.3 is 0 Å². The Morgan fingerprint density at radius 3 is 3.00 bits per heavy atom. The number of rotatable bonds is 0. The molecule has 2 aliphatic carbocycles. The third-order valence-corrected chi connectivity index (χ3v) is 3.58. The topological polar surface area (TPSA) is 12.5 Å². The lowest BCUT2D eigenvalue weighted by Crippen LogP contribution is -2.21. The molecule has 1 nitrogen and oxygen atoms in total. The Bertz CT molecular complexity index is 155. The third-order valence-electron chi connectivity index (χ3n) is 3.58. The average molecular weight is 138 g/mol. The highest BCUT2D eigenvalue weighted by Gasteiger charge is 2.52. The van der Waals surface area contributed by atoms with E-state index in [9.17, 15) is 0 Å². The van der Waals surface area contributed by atoms with Crippen LogP contribution in [0, 0.1) is 11.8 Å². The summed E-state index contributed by atoms with van der Waals surface area (Å²) >= 11 is 0. The predicted molar refractivity (Wildman–Crippen MR) is 38.7 cm³/mol. The van der Waals surface area contributed by atoms with Gasteiger partial charge in [0, 0.05) is 0 Å². The molecule has 0 amide bonds. The first kappa shape index (κ1) is 5.59. The molecule has 10 heavy (non-hydrogen) atoms. The minimum absolute atomic E-state index is 0.708. The lowest BCUT2D eigenvalue weighted by atomic mass is 9.82. The van der Waals surface area contributed by atoms with Gasteiger partial charge in [-0.15, -0.1) is 0 Å². The van der Waals surface area contributed by atoms with E-state index in [4.69, 9.17) is 4.74 Å². The SMILES string of the molecule is C1CC2CCC3OC3C2C1. The minimum Gasteiger partial charge on any atom is -0.369 e. The molecule has 3 aliphatic rings. The van der Waals surface area contributed by atoms with Gasteiger partial charge in [0.2, 0.25) is 0 Å². The minimum atomic E-state index is 0.708. The molecule has 2 saturated carbocycles. The van der Waals surface area contributed by atoms with Crippen molar-refractivity contribution in [3.8, 4) is 0 Å². The van der Waals surface area contributed by atoms with Gasteiger partial charge in [-0.1, -0.05) is 12.8 Å². The molecule has 0 N–H and O–H groups in total. The fourth-order valence-electron chi connectivity index (χ4n) is 3.00. The summed E-state index contributed by atoms with van der Waals surface area (Å²) in [7, 11) is 0. The molecule has 3 rings (SSSR count). The van der Waals surface area contributed by atoms with Gasteiger partial charge in [-0.2, -0.15) is 0 Å². The van der Waals surface area contributed by atoms with Crippen molar-refractivity contribution in [2.45, 2.75) is 44.3 Å². The molecule has 56 valence electrons. The molecule has 4 atom stereocenters. The molecule has 0 aromatic heterocycles. The van der Waals surface area contributed by atoms with E-state index in [1.807, 2.05) is 0 Å². The Kier molecular flexibility index (Phi) is 0.984. The lowest BCUT2D eigenvalue weighted by molar-refractivity contribution is 0.280. The molecule has 1 saturated heterocycles. The standard InChI is InChI=1S/C9H14O/c1-2-6-4-5-8-9(10-8)7(6)3-1/h6-9H,1-5H2. The Labute approximate surface area is 61.8 Å². The van der Waals surface area contributed by atoms with E-state index in [1.165, 1.54) is 32.1 Å². The van der Waals surface area contributed by atoms with Crippen LogP contribution in [0.1, 0.15) is 32.1 Å². The van der Waals surface area contributed by atoms with E-state index < -0.39 is 0 Å². The number of hydrogen-bond donors (Lipinski definition) is 0. The largest absolute Gasteiger partial charge is 0.369 e. The van der Waals surface area contributed by atoms with Gasteiger partial charge in [-0.3, -0.25) is 0 Å². The second-order valence-corrected chi connectivity index (χ2v) is 4.07. The van der Waals surface area contributed by atoms with E-state index in [0.29, 0.717) is 6.10 Å². The molecule has 0 aromatic rings. The maximum absolute atomic E-state index is 5.59. The molecule has 0 spiro atoms. The van der Waals surface area contributed by atoms with Crippen molar-refractivity contribution in [3.05, 3.63) is 0 Å². The zero-order valence-electron chi connectivity index (χ0n) is 6.25. The molecule has 1 heterocycles. The molecule has 1 heteroatoms. The maximum atomic E-state index is 5.59. The van der Waals surface area contributed by atoms with Crippen LogP contribution in [0.4, 0.5) is 0 Å². The monoisotopic (exact) mass is 138 g/mol. The van der Waals surface area contributed by atoms with Crippen molar-refractivity contribution in [1.29, 1.82) is 0 Å². The van der Waals surface area contributed by atoms with Gasteiger partial charge in [0.05, 0.1) is 12.2 Å². The summed E-state index contributed by atoms with van der Waals surface area (Å²) in [5.74, 6) is 2.04. The summed E-state index contributed by atoms with van der Waals surface area (Å²) in [5.41, 5.74) is 0. The van der Waals surface area contributed by atoms with Crippen molar-refractivity contribution in [1.82, 2.24) is 0 Å². The van der Waals surface area contributed by atoms with E-state index in [0.717, 1.165) is 17.9 Å². The number of ether oxygens (including phenoxy) is 1. The van der Waals surface area contributed by atoms with Crippen LogP contribution in [0.3, 0.4) is 0 Å². The van der Waals surface area contributed by atoms with Crippen LogP contribution in [0.25, 0.3) is 0 Å². The summed E-state index contributed by atoms with van der Waals surface area (Å²) in [6.45, 7) is 0. The van der Waals surface area contributed by atoms with E-state index in [1.54, 1.807) is 0 Å². The quantitative estimate of drug-likeness (QED) is 0.466. The zero-order valence-corrected chi connectivity index (χ0v) is 6.25. The zero-order chi connectivity index (χ0) is 6.55. The number of fused-ring (bicyclic) bond motifs is 3. The van der Waals surface area contributed by atoms with Gasteiger partial charge in [-0.25, -0.2) is 0 Å². The molecular formula is C9H14O. The Morgan fingerprint density at radius 1 is 1.00 bits per heavy atom. The predicted octanol–water partition coefficient (Wildman–Crippen LogP) is 1.96. The second-order valence-electron chi connectivity index (χ2n) is 4.07. The van der Waals surface area contributed by atoms with Crippen LogP contribution in [-0.4, -0.2) is 12.2 Å². The van der Waals surface area contributed by atoms with Gasteiger partial charge in [0.25, 0.3) is 0 Å². The number of hydrogen-bond acceptors (Lipinski definition) is 1. The lowest BCUT2D eigenvalue weighted by Gasteiger charge is -2.20. The molecule has 0 bridgehead atoms. The summed E-state index contributed by atoms with van der Waals surface area (Å²) in [6, 6.07) is 0. The highest BCUT2D eigenvalue weighted by atomic mass is 16.6. The van der Waals surface area contributed by atoms with E-state index >= 15 is 0 Å². The van der Waals surface area contributed by atoms with Crippen molar-refractivity contribution in [2.75, 3.05) is 0 Å². The Morgan fingerprint density at radius 2 is 2.00 bits per heavy atom. The van der Waals surface area contributed by atoms with Crippen molar-refractivity contribution in [3.63, 3.8) is 0 Å². The van der Waals surface area contributed by atoms with Crippen LogP contribution in [0.2, 0.25) is 0 Å². The van der Waals surface area contributed by atoms with Crippen LogP contribution in [0.5, 0.6) is 0 Å². The summed E-state index contributed by atoms with van der Waals surface area (Å²) < 4.78 is 5.59. The maximum Gasteiger partial charge on any atom is 0.0872 e. The molecular weight excluding hydrogens is 124 g/mol. The first-order valence-corrected chi connectivity index (χ1v) is 4.60. The Hall–Kier alpha value is -0.0400. The number of epoxide rings is 1. The first-order chi connectivity index (χ1) is 4.95. The summed E-state index contributed by atoms with van der Waals surface area (Å²) in [4.78, 5) is 0. The fourth-order valence-corrected chi connectivity index (χ4v) is 3.00. The van der Waals surface area contributed by atoms with Gasteiger partial charge in [0.1, 0.15) is 0 Å². The molecule has 4 unspecified atom stereocenters. The molecule has 1 aliphatic heterocycles. The van der Waals surface area contributed by atoms with Crippen molar-refractivity contribution >= 4 is 0 Å². The van der Waals surface area contributed by atoms with Gasteiger partial charge in [0.15, 0.2) is 0 Å². The molecule has 0 aromatic carbocycles. The van der Waals surface area contributed by atoms with Gasteiger partial charge < -0.3 is 4.74 Å². The van der Waals surface area contributed by atoms with Crippen LogP contribution in [-0.2, 0) is 4.74 Å². The van der Waals surface area contributed by atoms with Crippen LogP contribution < -0.4 is 0 Å². The first-order valence-electron chi connectivity index (χ1n) is 4.60. The molecule has 3 fully saturated rings. The molecule has 0 radical (unpaired) electrons. The van der Waals surface area contributed by atoms with Crippen LogP contribution in [0.15, 0.2) is 0 Å². The second kappa shape index (κ2) is 1.76.